The van der Waals surface area contributed by atoms with Gasteiger partial charge in [0.1, 0.15) is 0 Å². The molecule has 0 saturated heterocycles. The summed E-state index contributed by atoms with van der Waals surface area (Å²) in [5.74, 6) is -0.0734. The Labute approximate surface area is 162 Å². The van der Waals surface area contributed by atoms with Gasteiger partial charge in [-0.15, -0.1) is 0 Å². The maximum absolute atomic E-state index is 12.7. The molecule has 0 fully saturated rings. The molecular weight excluding hydrogens is 338 g/mol. The first-order valence-electron chi connectivity index (χ1n) is 9.08. The highest BCUT2D eigenvalue weighted by Crippen LogP contribution is 2.20. The first-order chi connectivity index (χ1) is 12.7. The van der Waals surface area contributed by atoms with E-state index in [1.807, 2.05) is 69.1 Å². The maximum atomic E-state index is 12.7. The predicted octanol–water partition coefficient (Wildman–Crippen LogP) is 3.46. The third-order valence-corrected chi connectivity index (χ3v) is 4.80. The van der Waals surface area contributed by atoms with Crippen LogP contribution in [-0.2, 0) is 11.3 Å². The van der Waals surface area contributed by atoms with Gasteiger partial charge < -0.3 is 10.2 Å². The topological polar surface area (TPSA) is 52.7 Å². The molecule has 2 amide bonds. The van der Waals surface area contributed by atoms with Crippen LogP contribution in [0.4, 0.5) is 5.69 Å². The predicted molar refractivity (Wildman–Crippen MR) is 110 cm³/mol. The third-order valence-electron chi connectivity index (χ3n) is 4.80. The van der Waals surface area contributed by atoms with Crippen LogP contribution in [-0.4, -0.2) is 48.8 Å². The second kappa shape index (κ2) is 8.82. The Bertz CT molecular complexity index is 810. The standard InChI is InChI=1S/C22H29N3O2/c1-15-9-7-10-16(2)20(15)23-21(26)19-12-8-11-18(13-19)14-25(6)17(3)22(27)24(4)5/h7-13,17H,14H2,1-6H3,(H,23,26)/t17-/m1/s1. The van der Waals surface area contributed by atoms with Crippen molar-refractivity contribution in [2.24, 2.45) is 0 Å². The van der Waals surface area contributed by atoms with Crippen molar-refractivity contribution in [1.82, 2.24) is 9.80 Å². The van der Waals surface area contributed by atoms with E-state index < -0.39 is 0 Å². The summed E-state index contributed by atoms with van der Waals surface area (Å²) in [6.07, 6.45) is 0. The molecule has 0 aliphatic heterocycles. The number of carbonyl (C=O) groups excluding carboxylic acids is 2. The Hall–Kier alpha value is -2.66. The van der Waals surface area contributed by atoms with E-state index >= 15 is 0 Å². The van der Waals surface area contributed by atoms with E-state index in [0.29, 0.717) is 12.1 Å². The largest absolute Gasteiger partial charge is 0.347 e. The number of hydrogen-bond acceptors (Lipinski definition) is 3. The molecule has 0 saturated carbocycles. The van der Waals surface area contributed by atoms with E-state index in [4.69, 9.17) is 0 Å². The molecule has 0 radical (unpaired) electrons. The van der Waals surface area contributed by atoms with Crippen LogP contribution in [0.2, 0.25) is 0 Å². The van der Waals surface area contributed by atoms with Gasteiger partial charge in [-0.25, -0.2) is 0 Å². The molecule has 2 aromatic carbocycles. The monoisotopic (exact) mass is 367 g/mol. The van der Waals surface area contributed by atoms with Crippen molar-refractivity contribution in [2.45, 2.75) is 33.4 Å². The number of benzene rings is 2. The van der Waals surface area contributed by atoms with E-state index in [-0.39, 0.29) is 17.9 Å². The second-order valence-corrected chi connectivity index (χ2v) is 7.25. The SMILES string of the molecule is Cc1cccc(C)c1NC(=O)c1cccc(CN(C)[C@H](C)C(=O)N(C)C)c1. The number of rotatable bonds is 6. The van der Waals surface area contributed by atoms with Gasteiger partial charge in [0, 0.05) is 31.9 Å². The summed E-state index contributed by atoms with van der Waals surface area (Å²) >= 11 is 0. The summed E-state index contributed by atoms with van der Waals surface area (Å²) in [5, 5.41) is 3.02. The van der Waals surface area contributed by atoms with Crippen LogP contribution in [0.1, 0.15) is 34.0 Å². The van der Waals surface area contributed by atoms with Crippen LogP contribution in [0.25, 0.3) is 0 Å². The van der Waals surface area contributed by atoms with Crippen molar-refractivity contribution in [2.75, 3.05) is 26.5 Å². The Morgan fingerprint density at radius 3 is 2.19 bits per heavy atom. The summed E-state index contributed by atoms with van der Waals surface area (Å²) in [4.78, 5) is 28.4. The number of likely N-dealkylation sites (N-methyl/N-ethyl adjacent to an activating group) is 2. The molecule has 0 spiro atoms. The van der Waals surface area contributed by atoms with E-state index in [1.165, 1.54) is 0 Å². The first-order valence-corrected chi connectivity index (χ1v) is 9.08. The Balaban J connectivity index is 2.13. The molecule has 0 aliphatic rings. The molecule has 1 N–H and O–H groups in total. The molecule has 2 rings (SSSR count). The van der Waals surface area contributed by atoms with Gasteiger partial charge in [-0.3, -0.25) is 14.5 Å². The van der Waals surface area contributed by atoms with E-state index in [1.54, 1.807) is 25.1 Å². The van der Waals surface area contributed by atoms with E-state index in [2.05, 4.69) is 5.32 Å². The molecule has 0 aliphatic carbocycles. The van der Waals surface area contributed by atoms with E-state index in [9.17, 15) is 9.59 Å². The summed E-state index contributed by atoms with van der Waals surface area (Å²) in [5.41, 5.74) is 4.53. The fourth-order valence-electron chi connectivity index (χ4n) is 3.00. The number of nitrogens with zero attached hydrogens (tertiary/aromatic N) is 2. The quantitative estimate of drug-likeness (QED) is 0.851. The number of para-hydroxylation sites is 1. The van der Waals surface area contributed by atoms with Gasteiger partial charge >= 0.3 is 0 Å². The fourth-order valence-corrected chi connectivity index (χ4v) is 3.00. The minimum absolute atomic E-state index is 0.0569. The van der Waals surface area contributed by atoms with Gasteiger partial charge in [-0.05, 0) is 56.6 Å². The smallest absolute Gasteiger partial charge is 0.255 e. The number of nitrogens with one attached hydrogen (secondary N) is 1. The number of carbonyl (C=O) groups is 2. The molecule has 0 heterocycles. The second-order valence-electron chi connectivity index (χ2n) is 7.25. The highest BCUT2D eigenvalue weighted by Gasteiger charge is 2.20. The molecule has 27 heavy (non-hydrogen) atoms. The lowest BCUT2D eigenvalue weighted by Gasteiger charge is -2.26. The summed E-state index contributed by atoms with van der Waals surface area (Å²) in [6, 6.07) is 13.3. The zero-order valence-electron chi connectivity index (χ0n) is 17.0. The van der Waals surface area contributed by atoms with Crippen LogP contribution < -0.4 is 5.32 Å². The van der Waals surface area contributed by atoms with Gasteiger partial charge in [-0.2, -0.15) is 0 Å². The van der Waals surface area contributed by atoms with Crippen LogP contribution in [0.3, 0.4) is 0 Å². The average Bonchev–Trinajstić information content (AvgIpc) is 2.63. The highest BCUT2D eigenvalue weighted by molar-refractivity contribution is 6.05. The highest BCUT2D eigenvalue weighted by atomic mass is 16.2. The lowest BCUT2D eigenvalue weighted by molar-refractivity contribution is -0.133. The minimum atomic E-state index is -0.230. The number of hydrogen-bond donors (Lipinski definition) is 1. The third kappa shape index (κ3) is 5.17. The summed E-state index contributed by atoms with van der Waals surface area (Å²) < 4.78 is 0. The van der Waals surface area contributed by atoms with Crippen LogP contribution in [0.5, 0.6) is 0 Å². The molecule has 2 aromatic rings. The molecule has 5 heteroatoms. The van der Waals surface area contributed by atoms with Crippen molar-refractivity contribution >= 4 is 17.5 Å². The molecule has 1 atom stereocenters. The Kier molecular flexibility index (Phi) is 6.75. The van der Waals surface area contributed by atoms with Crippen LogP contribution in [0.15, 0.2) is 42.5 Å². The molecule has 0 bridgehead atoms. The molecule has 0 aromatic heterocycles. The van der Waals surface area contributed by atoms with Crippen molar-refractivity contribution in [1.29, 1.82) is 0 Å². The molecular formula is C22H29N3O2. The lowest BCUT2D eigenvalue weighted by atomic mass is 10.1. The molecule has 144 valence electrons. The van der Waals surface area contributed by atoms with Crippen molar-refractivity contribution in [3.05, 3.63) is 64.7 Å². The molecule has 0 unspecified atom stereocenters. The summed E-state index contributed by atoms with van der Waals surface area (Å²) in [6.45, 7) is 6.44. The van der Waals surface area contributed by atoms with Crippen molar-refractivity contribution in [3.8, 4) is 0 Å². The zero-order chi connectivity index (χ0) is 20.1. The van der Waals surface area contributed by atoms with Crippen LogP contribution in [0, 0.1) is 13.8 Å². The van der Waals surface area contributed by atoms with Crippen LogP contribution >= 0.6 is 0 Å². The zero-order valence-corrected chi connectivity index (χ0v) is 17.0. The average molecular weight is 367 g/mol. The first kappa shape index (κ1) is 20.6. The number of aryl methyl sites for hydroxylation is 2. The van der Waals surface area contributed by atoms with Gasteiger partial charge in [0.15, 0.2) is 0 Å². The van der Waals surface area contributed by atoms with Gasteiger partial charge in [0.2, 0.25) is 5.91 Å². The summed E-state index contributed by atoms with van der Waals surface area (Å²) in [7, 11) is 5.42. The van der Waals surface area contributed by atoms with Crippen molar-refractivity contribution in [3.63, 3.8) is 0 Å². The lowest BCUT2D eigenvalue weighted by Crippen LogP contribution is -2.42. The number of anilines is 1. The van der Waals surface area contributed by atoms with Gasteiger partial charge in [-0.1, -0.05) is 30.3 Å². The fraction of sp³-hybridized carbons (Fsp3) is 0.364. The minimum Gasteiger partial charge on any atom is -0.347 e. The van der Waals surface area contributed by atoms with Gasteiger partial charge in [0.25, 0.3) is 5.91 Å². The molecule has 5 nitrogen and oxygen atoms in total. The van der Waals surface area contributed by atoms with Gasteiger partial charge in [0.05, 0.1) is 6.04 Å². The van der Waals surface area contributed by atoms with Crippen molar-refractivity contribution < 1.29 is 9.59 Å². The normalized spacial score (nSPS) is 12.0. The number of amides is 2. The maximum Gasteiger partial charge on any atom is 0.255 e. The Morgan fingerprint density at radius 2 is 1.59 bits per heavy atom. The Morgan fingerprint density at radius 1 is 1.00 bits per heavy atom. The van der Waals surface area contributed by atoms with E-state index in [0.717, 1.165) is 22.4 Å².